The fraction of sp³-hybridized carbons (Fsp3) is 0.375. The molecule has 1 heterocycles. The normalized spacial score (nSPS) is 10.3. The molecule has 0 unspecified atom stereocenters. The lowest BCUT2D eigenvalue weighted by Gasteiger charge is -2.19. The van der Waals surface area contributed by atoms with Crippen molar-refractivity contribution in [3.63, 3.8) is 0 Å². The Morgan fingerprint density at radius 2 is 2.22 bits per heavy atom. The van der Waals surface area contributed by atoms with Gasteiger partial charge in [-0.05, 0) is 25.5 Å². The van der Waals surface area contributed by atoms with Crippen molar-refractivity contribution < 1.29 is 4.79 Å². The van der Waals surface area contributed by atoms with Gasteiger partial charge in [0, 0.05) is 13.1 Å². The summed E-state index contributed by atoms with van der Waals surface area (Å²) in [6, 6.07) is 10.0. The number of hydrogen-bond acceptors (Lipinski definition) is 5. The van der Waals surface area contributed by atoms with E-state index >= 15 is 0 Å². The first-order chi connectivity index (χ1) is 11.2. The van der Waals surface area contributed by atoms with Gasteiger partial charge in [0.05, 0.1) is 23.9 Å². The van der Waals surface area contributed by atoms with E-state index in [4.69, 9.17) is 5.26 Å². The Balaban J connectivity index is 2.05. The number of para-hydroxylation sites is 1. The average molecular weight is 329 g/mol. The minimum atomic E-state index is 0.00656. The SMILES string of the molecule is CCN(CCC#N)C(=O)CSc1nncn1-c1ccccc1C. The van der Waals surface area contributed by atoms with E-state index in [1.165, 1.54) is 11.8 Å². The first-order valence-corrected chi connectivity index (χ1v) is 8.39. The van der Waals surface area contributed by atoms with Crippen LogP contribution in [0.1, 0.15) is 18.9 Å². The van der Waals surface area contributed by atoms with Crippen LogP contribution in [-0.2, 0) is 4.79 Å². The number of amides is 1. The molecule has 0 aliphatic carbocycles. The van der Waals surface area contributed by atoms with Crippen molar-refractivity contribution in [2.75, 3.05) is 18.8 Å². The minimum Gasteiger partial charge on any atom is -0.341 e. The number of aromatic nitrogens is 3. The summed E-state index contributed by atoms with van der Waals surface area (Å²) < 4.78 is 1.89. The van der Waals surface area contributed by atoms with Gasteiger partial charge in [0.15, 0.2) is 5.16 Å². The van der Waals surface area contributed by atoms with E-state index in [2.05, 4.69) is 16.3 Å². The molecule has 7 heteroatoms. The number of carbonyl (C=O) groups is 1. The molecule has 0 fully saturated rings. The van der Waals surface area contributed by atoms with Crippen LogP contribution in [-0.4, -0.2) is 44.4 Å². The summed E-state index contributed by atoms with van der Waals surface area (Å²) in [5, 5.41) is 17.4. The summed E-state index contributed by atoms with van der Waals surface area (Å²) in [7, 11) is 0. The fourth-order valence-electron chi connectivity index (χ4n) is 2.18. The summed E-state index contributed by atoms with van der Waals surface area (Å²) in [5.74, 6) is 0.288. The second-order valence-electron chi connectivity index (χ2n) is 4.94. The number of nitrogens with zero attached hydrogens (tertiary/aromatic N) is 5. The molecular weight excluding hydrogens is 310 g/mol. The van der Waals surface area contributed by atoms with E-state index in [0.717, 1.165) is 11.3 Å². The monoisotopic (exact) mass is 329 g/mol. The standard InChI is InChI=1S/C16H19N5OS/c1-3-20(10-6-9-17)15(22)11-23-16-19-18-12-21(16)14-8-5-4-7-13(14)2/h4-5,7-8,12H,3,6,10-11H2,1-2H3. The average Bonchev–Trinajstić information content (AvgIpc) is 3.02. The van der Waals surface area contributed by atoms with Crippen molar-refractivity contribution >= 4 is 17.7 Å². The van der Waals surface area contributed by atoms with Gasteiger partial charge in [-0.3, -0.25) is 9.36 Å². The van der Waals surface area contributed by atoms with Crippen LogP contribution in [0.5, 0.6) is 0 Å². The van der Waals surface area contributed by atoms with E-state index in [-0.39, 0.29) is 11.7 Å². The molecule has 0 saturated carbocycles. The second kappa shape index (κ2) is 8.34. The van der Waals surface area contributed by atoms with Crippen molar-refractivity contribution in [2.24, 2.45) is 0 Å². The van der Waals surface area contributed by atoms with Gasteiger partial charge >= 0.3 is 0 Å². The summed E-state index contributed by atoms with van der Waals surface area (Å²) in [5.41, 5.74) is 2.12. The van der Waals surface area contributed by atoms with Crippen LogP contribution >= 0.6 is 11.8 Å². The van der Waals surface area contributed by atoms with Crippen molar-refractivity contribution in [1.29, 1.82) is 5.26 Å². The topological polar surface area (TPSA) is 74.8 Å². The van der Waals surface area contributed by atoms with E-state index in [0.29, 0.717) is 24.7 Å². The largest absolute Gasteiger partial charge is 0.341 e. The van der Waals surface area contributed by atoms with Crippen LogP contribution in [0.15, 0.2) is 35.7 Å². The Morgan fingerprint density at radius 1 is 1.43 bits per heavy atom. The summed E-state index contributed by atoms with van der Waals surface area (Å²) in [4.78, 5) is 13.9. The van der Waals surface area contributed by atoms with E-state index in [1.54, 1.807) is 11.2 Å². The Hall–Kier alpha value is -2.33. The minimum absolute atomic E-state index is 0.00656. The van der Waals surface area contributed by atoms with Crippen molar-refractivity contribution in [3.8, 4) is 11.8 Å². The number of aryl methyl sites for hydroxylation is 1. The Morgan fingerprint density at radius 3 is 2.91 bits per heavy atom. The summed E-state index contributed by atoms with van der Waals surface area (Å²) >= 11 is 1.36. The van der Waals surface area contributed by atoms with Crippen LogP contribution in [0.3, 0.4) is 0 Å². The third-order valence-electron chi connectivity index (χ3n) is 3.44. The third-order valence-corrected chi connectivity index (χ3v) is 4.37. The number of benzene rings is 1. The number of carbonyl (C=O) groups excluding carboxylic acids is 1. The van der Waals surface area contributed by atoms with Crippen LogP contribution in [0, 0.1) is 18.3 Å². The second-order valence-corrected chi connectivity index (χ2v) is 5.88. The molecule has 0 radical (unpaired) electrons. The molecule has 1 aromatic heterocycles. The first kappa shape index (κ1) is 17.0. The van der Waals surface area contributed by atoms with Gasteiger partial charge in [-0.1, -0.05) is 30.0 Å². The summed E-state index contributed by atoms with van der Waals surface area (Å²) in [6.07, 6.45) is 2.01. The lowest BCUT2D eigenvalue weighted by Crippen LogP contribution is -2.33. The fourth-order valence-corrected chi connectivity index (χ4v) is 3.01. The van der Waals surface area contributed by atoms with Gasteiger partial charge in [0.25, 0.3) is 0 Å². The zero-order valence-electron chi connectivity index (χ0n) is 13.3. The van der Waals surface area contributed by atoms with Gasteiger partial charge in [0.1, 0.15) is 6.33 Å². The predicted molar refractivity (Wildman–Crippen MR) is 89.3 cm³/mol. The van der Waals surface area contributed by atoms with Crippen LogP contribution in [0.4, 0.5) is 0 Å². The molecule has 0 spiro atoms. The zero-order chi connectivity index (χ0) is 16.7. The molecule has 23 heavy (non-hydrogen) atoms. The van der Waals surface area contributed by atoms with Crippen molar-refractivity contribution in [3.05, 3.63) is 36.2 Å². The zero-order valence-corrected chi connectivity index (χ0v) is 14.1. The maximum atomic E-state index is 12.2. The first-order valence-electron chi connectivity index (χ1n) is 7.41. The summed E-state index contributed by atoms with van der Waals surface area (Å²) in [6.45, 7) is 5.01. The van der Waals surface area contributed by atoms with Gasteiger partial charge in [0.2, 0.25) is 5.91 Å². The molecule has 120 valence electrons. The number of thioether (sulfide) groups is 1. The van der Waals surface area contributed by atoms with Gasteiger partial charge in [-0.25, -0.2) is 0 Å². The Kier molecular flexibility index (Phi) is 6.18. The van der Waals surface area contributed by atoms with E-state index in [9.17, 15) is 4.79 Å². The molecule has 0 N–H and O–H groups in total. The molecule has 6 nitrogen and oxygen atoms in total. The number of rotatable bonds is 7. The van der Waals surface area contributed by atoms with Gasteiger partial charge in [-0.2, -0.15) is 5.26 Å². The van der Waals surface area contributed by atoms with Crippen LogP contribution in [0.25, 0.3) is 5.69 Å². The quantitative estimate of drug-likeness (QED) is 0.729. The molecule has 0 aliphatic rings. The van der Waals surface area contributed by atoms with Crippen LogP contribution < -0.4 is 0 Å². The smallest absolute Gasteiger partial charge is 0.233 e. The number of hydrogen-bond donors (Lipinski definition) is 0. The molecular formula is C16H19N5OS. The lowest BCUT2D eigenvalue weighted by molar-refractivity contribution is -0.128. The van der Waals surface area contributed by atoms with E-state index < -0.39 is 0 Å². The Bertz CT molecular complexity index is 706. The molecule has 1 aromatic carbocycles. The molecule has 2 rings (SSSR count). The van der Waals surface area contributed by atoms with Gasteiger partial charge < -0.3 is 4.90 Å². The highest BCUT2D eigenvalue weighted by atomic mass is 32.2. The van der Waals surface area contributed by atoms with Crippen molar-refractivity contribution in [1.82, 2.24) is 19.7 Å². The maximum absolute atomic E-state index is 12.2. The Labute approximate surface area is 140 Å². The van der Waals surface area contributed by atoms with E-state index in [1.807, 2.05) is 42.7 Å². The molecule has 0 bridgehead atoms. The molecule has 0 aliphatic heterocycles. The third kappa shape index (κ3) is 4.33. The highest BCUT2D eigenvalue weighted by Crippen LogP contribution is 2.21. The highest BCUT2D eigenvalue weighted by Gasteiger charge is 2.15. The lowest BCUT2D eigenvalue weighted by atomic mass is 10.2. The van der Waals surface area contributed by atoms with Gasteiger partial charge in [-0.15, -0.1) is 10.2 Å². The molecule has 0 atom stereocenters. The van der Waals surface area contributed by atoms with Crippen molar-refractivity contribution in [2.45, 2.75) is 25.4 Å². The molecule has 1 amide bonds. The maximum Gasteiger partial charge on any atom is 0.233 e. The van der Waals surface area contributed by atoms with Crippen LogP contribution in [0.2, 0.25) is 0 Å². The predicted octanol–water partition coefficient (Wildman–Crippen LogP) is 2.43. The highest BCUT2D eigenvalue weighted by molar-refractivity contribution is 7.99. The molecule has 2 aromatic rings. The number of nitriles is 1. The molecule has 0 saturated heterocycles.